The quantitative estimate of drug-likeness (QED) is 0.807. The van der Waals surface area contributed by atoms with Gasteiger partial charge in [0.25, 0.3) is 0 Å². The van der Waals surface area contributed by atoms with Crippen LogP contribution in [0.4, 0.5) is 0 Å². The highest BCUT2D eigenvalue weighted by molar-refractivity contribution is 5.45. The molecule has 0 radical (unpaired) electrons. The van der Waals surface area contributed by atoms with E-state index in [1.165, 1.54) is 0 Å². The lowest BCUT2D eigenvalue weighted by Crippen LogP contribution is -2.28. The number of aromatic hydroxyl groups is 1. The topological polar surface area (TPSA) is 50.7 Å². The summed E-state index contributed by atoms with van der Waals surface area (Å²) < 4.78 is 10.3. The second kappa shape index (κ2) is 5.18. The first-order valence-corrected chi connectivity index (χ1v) is 5.47. The largest absolute Gasteiger partial charge is 0.504 e. The number of nitrogens with one attached hydrogen (secondary N) is 1. The number of hydrogen-bond acceptors (Lipinski definition) is 4. The molecule has 0 bridgehead atoms. The van der Waals surface area contributed by atoms with Crippen molar-refractivity contribution in [2.75, 3.05) is 20.3 Å². The van der Waals surface area contributed by atoms with E-state index in [4.69, 9.17) is 9.47 Å². The molecule has 88 valence electrons. The molecule has 1 fully saturated rings. The molecule has 1 heterocycles. The van der Waals surface area contributed by atoms with Gasteiger partial charge in [-0.05, 0) is 12.5 Å². The summed E-state index contributed by atoms with van der Waals surface area (Å²) in [5.41, 5.74) is 0.853. The number of rotatable bonds is 4. The van der Waals surface area contributed by atoms with E-state index in [0.29, 0.717) is 18.3 Å². The number of ether oxygens (including phenoxy) is 2. The van der Waals surface area contributed by atoms with Crippen LogP contribution < -0.4 is 10.1 Å². The minimum atomic E-state index is 0.219. The van der Waals surface area contributed by atoms with Crippen LogP contribution in [0.25, 0.3) is 0 Å². The van der Waals surface area contributed by atoms with Gasteiger partial charge in [0.2, 0.25) is 0 Å². The summed E-state index contributed by atoms with van der Waals surface area (Å²) in [6.45, 7) is 2.21. The zero-order valence-electron chi connectivity index (χ0n) is 9.40. The highest BCUT2D eigenvalue weighted by atomic mass is 16.5. The normalized spacial score (nSPS) is 19.9. The summed E-state index contributed by atoms with van der Waals surface area (Å²) in [6, 6.07) is 5.91. The van der Waals surface area contributed by atoms with E-state index < -0.39 is 0 Å². The van der Waals surface area contributed by atoms with Crippen molar-refractivity contribution in [2.45, 2.75) is 19.0 Å². The van der Waals surface area contributed by atoms with E-state index in [-0.39, 0.29) is 5.75 Å². The molecule has 1 aromatic carbocycles. The molecule has 2 N–H and O–H groups in total. The van der Waals surface area contributed by atoms with Gasteiger partial charge in [-0.3, -0.25) is 0 Å². The molecule has 0 aromatic heterocycles. The van der Waals surface area contributed by atoms with E-state index in [1.807, 2.05) is 12.1 Å². The van der Waals surface area contributed by atoms with Gasteiger partial charge in [-0.1, -0.05) is 12.1 Å². The van der Waals surface area contributed by atoms with Crippen LogP contribution in [0.2, 0.25) is 0 Å². The van der Waals surface area contributed by atoms with E-state index >= 15 is 0 Å². The molecule has 0 saturated carbocycles. The Bertz CT molecular complexity index is 348. The van der Waals surface area contributed by atoms with E-state index in [2.05, 4.69) is 5.32 Å². The van der Waals surface area contributed by atoms with Crippen LogP contribution >= 0.6 is 0 Å². The zero-order valence-corrected chi connectivity index (χ0v) is 9.40. The Labute approximate surface area is 95.2 Å². The summed E-state index contributed by atoms with van der Waals surface area (Å²) in [6.07, 6.45) is 1.03. The maximum atomic E-state index is 9.87. The molecule has 0 spiro atoms. The Morgan fingerprint density at radius 3 is 3.12 bits per heavy atom. The lowest BCUT2D eigenvalue weighted by Gasteiger charge is -2.12. The second-order valence-electron chi connectivity index (χ2n) is 3.91. The Morgan fingerprint density at radius 1 is 1.56 bits per heavy atom. The molecule has 0 aliphatic carbocycles. The van der Waals surface area contributed by atoms with Crippen molar-refractivity contribution in [1.82, 2.24) is 5.32 Å². The van der Waals surface area contributed by atoms with Crippen molar-refractivity contribution in [3.05, 3.63) is 23.8 Å². The summed E-state index contributed by atoms with van der Waals surface area (Å²) in [5, 5.41) is 13.2. The molecule has 1 aromatic rings. The lowest BCUT2D eigenvalue weighted by atomic mass is 10.1. The molecule has 1 unspecified atom stereocenters. The van der Waals surface area contributed by atoms with Crippen LogP contribution in [0.3, 0.4) is 0 Å². The Hall–Kier alpha value is -1.26. The predicted octanol–water partition coefficient (Wildman–Crippen LogP) is 1.28. The van der Waals surface area contributed by atoms with Crippen molar-refractivity contribution in [1.29, 1.82) is 0 Å². The minimum Gasteiger partial charge on any atom is -0.504 e. The Kier molecular flexibility index (Phi) is 3.64. The molecule has 4 nitrogen and oxygen atoms in total. The zero-order chi connectivity index (χ0) is 11.4. The molecule has 4 heteroatoms. The number of hydrogen-bond donors (Lipinski definition) is 2. The van der Waals surface area contributed by atoms with Crippen molar-refractivity contribution in [3.63, 3.8) is 0 Å². The first-order chi connectivity index (χ1) is 7.81. The SMILES string of the molecule is COc1cccc(CNC2CCOC2)c1O. The summed E-state index contributed by atoms with van der Waals surface area (Å²) >= 11 is 0. The minimum absolute atomic E-state index is 0.219. The van der Waals surface area contributed by atoms with E-state index in [0.717, 1.165) is 25.2 Å². The molecule has 1 atom stereocenters. The van der Waals surface area contributed by atoms with Crippen LogP contribution in [-0.2, 0) is 11.3 Å². The first-order valence-electron chi connectivity index (χ1n) is 5.47. The molecular weight excluding hydrogens is 206 g/mol. The summed E-state index contributed by atoms with van der Waals surface area (Å²) in [5.74, 6) is 0.735. The molecule has 2 rings (SSSR count). The van der Waals surface area contributed by atoms with Gasteiger partial charge in [0, 0.05) is 24.8 Å². The van der Waals surface area contributed by atoms with Crippen LogP contribution in [0.5, 0.6) is 11.5 Å². The molecular formula is C12H17NO3. The van der Waals surface area contributed by atoms with Crippen molar-refractivity contribution < 1.29 is 14.6 Å². The average Bonchev–Trinajstić information content (AvgIpc) is 2.81. The van der Waals surface area contributed by atoms with Crippen molar-refractivity contribution in [2.24, 2.45) is 0 Å². The number of phenols is 1. The molecule has 0 amide bonds. The van der Waals surface area contributed by atoms with Gasteiger partial charge < -0.3 is 19.9 Å². The first kappa shape index (κ1) is 11.2. The van der Waals surface area contributed by atoms with Crippen LogP contribution in [-0.4, -0.2) is 31.5 Å². The molecule has 1 aliphatic heterocycles. The Morgan fingerprint density at radius 2 is 2.44 bits per heavy atom. The summed E-state index contributed by atoms with van der Waals surface area (Å²) in [7, 11) is 1.55. The number of para-hydroxylation sites is 1. The fraction of sp³-hybridized carbons (Fsp3) is 0.500. The van der Waals surface area contributed by atoms with Gasteiger partial charge in [0.1, 0.15) is 0 Å². The van der Waals surface area contributed by atoms with Crippen LogP contribution in [0.15, 0.2) is 18.2 Å². The Balaban J connectivity index is 1.97. The van der Waals surface area contributed by atoms with E-state index in [9.17, 15) is 5.11 Å². The lowest BCUT2D eigenvalue weighted by molar-refractivity contribution is 0.189. The fourth-order valence-electron chi connectivity index (χ4n) is 1.82. The van der Waals surface area contributed by atoms with Gasteiger partial charge >= 0.3 is 0 Å². The monoisotopic (exact) mass is 223 g/mol. The highest BCUT2D eigenvalue weighted by Crippen LogP contribution is 2.29. The standard InChI is InChI=1S/C12H17NO3/c1-15-11-4-2-3-9(12(11)14)7-13-10-5-6-16-8-10/h2-4,10,13-14H,5-8H2,1H3. The summed E-state index contributed by atoms with van der Waals surface area (Å²) in [4.78, 5) is 0. The van der Waals surface area contributed by atoms with Crippen molar-refractivity contribution >= 4 is 0 Å². The van der Waals surface area contributed by atoms with Gasteiger partial charge in [0.15, 0.2) is 11.5 Å². The molecule has 1 aliphatic rings. The van der Waals surface area contributed by atoms with Gasteiger partial charge in [-0.25, -0.2) is 0 Å². The molecule has 1 saturated heterocycles. The third kappa shape index (κ3) is 2.46. The van der Waals surface area contributed by atoms with Gasteiger partial charge in [-0.2, -0.15) is 0 Å². The van der Waals surface area contributed by atoms with Crippen molar-refractivity contribution in [3.8, 4) is 11.5 Å². The number of methoxy groups -OCH3 is 1. The second-order valence-corrected chi connectivity index (χ2v) is 3.91. The van der Waals surface area contributed by atoms with Gasteiger partial charge in [0.05, 0.1) is 13.7 Å². The third-order valence-corrected chi connectivity index (χ3v) is 2.81. The number of benzene rings is 1. The average molecular weight is 223 g/mol. The maximum Gasteiger partial charge on any atom is 0.162 e. The molecule has 16 heavy (non-hydrogen) atoms. The highest BCUT2D eigenvalue weighted by Gasteiger charge is 2.15. The van der Waals surface area contributed by atoms with Crippen LogP contribution in [0, 0.1) is 0 Å². The fourth-order valence-corrected chi connectivity index (χ4v) is 1.82. The van der Waals surface area contributed by atoms with E-state index in [1.54, 1.807) is 13.2 Å². The maximum absolute atomic E-state index is 9.87. The smallest absolute Gasteiger partial charge is 0.162 e. The van der Waals surface area contributed by atoms with Crippen LogP contribution in [0.1, 0.15) is 12.0 Å². The predicted molar refractivity (Wildman–Crippen MR) is 60.7 cm³/mol. The number of phenolic OH excluding ortho intramolecular Hbond substituents is 1. The van der Waals surface area contributed by atoms with Gasteiger partial charge in [-0.15, -0.1) is 0 Å². The third-order valence-electron chi connectivity index (χ3n) is 2.81.